The van der Waals surface area contributed by atoms with Crippen molar-refractivity contribution in [2.75, 3.05) is 5.32 Å². The summed E-state index contributed by atoms with van der Waals surface area (Å²) in [6.07, 6.45) is 0. The number of benzene rings is 3. The third kappa shape index (κ3) is 2.63. The van der Waals surface area contributed by atoms with Crippen LogP contribution in [0.25, 0.3) is 10.8 Å². The van der Waals surface area contributed by atoms with Gasteiger partial charge in [-0.3, -0.25) is 0 Å². The van der Waals surface area contributed by atoms with Crippen molar-refractivity contribution >= 4 is 28.1 Å². The van der Waals surface area contributed by atoms with E-state index < -0.39 is 0 Å². The zero-order valence-electron chi connectivity index (χ0n) is 11.4. The summed E-state index contributed by atoms with van der Waals surface area (Å²) in [7, 11) is 0. The summed E-state index contributed by atoms with van der Waals surface area (Å²) in [6.45, 7) is 2.88. The minimum Gasteiger partial charge on any atom is -0.381 e. The first-order valence-electron chi connectivity index (χ1n) is 6.71. The first-order chi connectivity index (χ1) is 9.74. The standard InChI is InChI=1S/C18H16ClN/c1-13-9-10-16(19)11-18(13)20-12-15-7-4-6-14-5-2-3-8-17(14)15/h2-11,20H,12H2,1H3. The Balaban J connectivity index is 1.89. The molecule has 0 unspecified atom stereocenters. The number of hydrogen-bond acceptors (Lipinski definition) is 1. The minimum atomic E-state index is 0.760. The summed E-state index contributed by atoms with van der Waals surface area (Å²) in [5, 5.41) is 6.80. The highest BCUT2D eigenvalue weighted by Crippen LogP contribution is 2.23. The molecular formula is C18H16ClN. The summed E-state index contributed by atoms with van der Waals surface area (Å²) in [5.41, 5.74) is 3.59. The molecule has 0 aromatic heterocycles. The Morgan fingerprint density at radius 2 is 1.75 bits per heavy atom. The normalized spacial score (nSPS) is 10.7. The van der Waals surface area contributed by atoms with Gasteiger partial charge in [-0.15, -0.1) is 0 Å². The molecule has 0 spiro atoms. The number of hydrogen-bond donors (Lipinski definition) is 1. The first kappa shape index (κ1) is 13.0. The largest absolute Gasteiger partial charge is 0.381 e. The van der Waals surface area contributed by atoms with Gasteiger partial charge in [-0.2, -0.15) is 0 Å². The lowest BCUT2D eigenvalue weighted by molar-refractivity contribution is 1.16. The molecule has 0 saturated carbocycles. The molecule has 0 radical (unpaired) electrons. The molecule has 0 saturated heterocycles. The Kier molecular flexibility index (Phi) is 3.62. The molecule has 1 nitrogen and oxygen atoms in total. The van der Waals surface area contributed by atoms with Gasteiger partial charge < -0.3 is 5.32 Å². The Hall–Kier alpha value is -1.99. The van der Waals surface area contributed by atoms with Crippen LogP contribution in [-0.4, -0.2) is 0 Å². The van der Waals surface area contributed by atoms with Gasteiger partial charge in [-0.1, -0.05) is 60.1 Å². The van der Waals surface area contributed by atoms with E-state index in [0.29, 0.717) is 0 Å². The quantitative estimate of drug-likeness (QED) is 0.676. The number of rotatable bonds is 3. The van der Waals surface area contributed by atoms with Crippen LogP contribution >= 0.6 is 11.6 Å². The highest BCUT2D eigenvalue weighted by molar-refractivity contribution is 6.30. The molecule has 100 valence electrons. The molecule has 3 rings (SSSR count). The van der Waals surface area contributed by atoms with Crippen LogP contribution in [0.15, 0.2) is 60.7 Å². The third-order valence-corrected chi connectivity index (χ3v) is 3.78. The maximum Gasteiger partial charge on any atom is 0.0426 e. The van der Waals surface area contributed by atoms with Gasteiger partial charge in [-0.05, 0) is 41.0 Å². The SMILES string of the molecule is Cc1ccc(Cl)cc1NCc1cccc2ccccc12. The van der Waals surface area contributed by atoms with Crippen molar-refractivity contribution in [3.63, 3.8) is 0 Å². The lowest BCUT2D eigenvalue weighted by Crippen LogP contribution is -2.01. The van der Waals surface area contributed by atoms with Gasteiger partial charge in [0.2, 0.25) is 0 Å². The van der Waals surface area contributed by atoms with E-state index >= 15 is 0 Å². The molecular weight excluding hydrogens is 266 g/mol. The molecule has 0 bridgehead atoms. The third-order valence-electron chi connectivity index (χ3n) is 3.55. The summed E-state index contributed by atoms with van der Waals surface area (Å²) in [4.78, 5) is 0. The summed E-state index contributed by atoms with van der Waals surface area (Å²) < 4.78 is 0. The predicted molar refractivity (Wildman–Crippen MR) is 87.5 cm³/mol. The maximum absolute atomic E-state index is 6.05. The Morgan fingerprint density at radius 3 is 2.65 bits per heavy atom. The molecule has 0 heterocycles. The zero-order chi connectivity index (χ0) is 13.9. The molecule has 2 heteroatoms. The van der Waals surface area contributed by atoms with E-state index in [9.17, 15) is 0 Å². The fourth-order valence-electron chi connectivity index (χ4n) is 2.42. The van der Waals surface area contributed by atoms with Gasteiger partial charge >= 0.3 is 0 Å². The molecule has 1 N–H and O–H groups in total. The average molecular weight is 282 g/mol. The summed E-state index contributed by atoms with van der Waals surface area (Å²) in [5.74, 6) is 0. The van der Waals surface area contributed by atoms with Crippen molar-refractivity contribution in [1.29, 1.82) is 0 Å². The van der Waals surface area contributed by atoms with E-state index in [2.05, 4.69) is 54.7 Å². The van der Waals surface area contributed by atoms with Crippen molar-refractivity contribution < 1.29 is 0 Å². The number of fused-ring (bicyclic) bond motifs is 1. The number of nitrogens with one attached hydrogen (secondary N) is 1. The Labute approximate surface area is 124 Å². The van der Waals surface area contributed by atoms with Crippen LogP contribution in [0.1, 0.15) is 11.1 Å². The van der Waals surface area contributed by atoms with Gasteiger partial charge in [-0.25, -0.2) is 0 Å². The van der Waals surface area contributed by atoms with Gasteiger partial charge in [0.1, 0.15) is 0 Å². The van der Waals surface area contributed by atoms with Crippen molar-refractivity contribution in [3.05, 3.63) is 76.8 Å². The number of aryl methyl sites for hydroxylation is 1. The highest BCUT2D eigenvalue weighted by Gasteiger charge is 2.02. The van der Waals surface area contributed by atoms with E-state index in [1.165, 1.54) is 21.9 Å². The van der Waals surface area contributed by atoms with E-state index in [-0.39, 0.29) is 0 Å². The van der Waals surface area contributed by atoms with E-state index in [1.807, 2.05) is 18.2 Å². The van der Waals surface area contributed by atoms with Crippen LogP contribution in [0.3, 0.4) is 0 Å². The topological polar surface area (TPSA) is 12.0 Å². The van der Waals surface area contributed by atoms with E-state index in [4.69, 9.17) is 11.6 Å². The predicted octanol–water partition coefficient (Wildman–Crippen LogP) is 5.41. The van der Waals surface area contributed by atoms with Crippen molar-refractivity contribution in [2.24, 2.45) is 0 Å². The fourth-order valence-corrected chi connectivity index (χ4v) is 2.59. The molecule has 20 heavy (non-hydrogen) atoms. The van der Waals surface area contributed by atoms with E-state index in [1.54, 1.807) is 0 Å². The van der Waals surface area contributed by atoms with Crippen LogP contribution in [0.2, 0.25) is 5.02 Å². The van der Waals surface area contributed by atoms with Crippen LogP contribution in [-0.2, 0) is 6.54 Å². The van der Waals surface area contributed by atoms with Crippen LogP contribution < -0.4 is 5.32 Å². The lowest BCUT2D eigenvalue weighted by atomic mass is 10.0. The minimum absolute atomic E-state index is 0.760. The second-order valence-corrected chi connectivity index (χ2v) is 5.39. The average Bonchev–Trinajstić information content (AvgIpc) is 2.48. The molecule has 0 atom stereocenters. The van der Waals surface area contributed by atoms with Gasteiger partial charge in [0.15, 0.2) is 0 Å². The molecule has 0 aliphatic heterocycles. The second kappa shape index (κ2) is 5.56. The Morgan fingerprint density at radius 1 is 0.950 bits per heavy atom. The molecule has 3 aromatic rings. The van der Waals surface area contributed by atoms with Gasteiger partial charge in [0, 0.05) is 17.3 Å². The van der Waals surface area contributed by atoms with Gasteiger partial charge in [0.25, 0.3) is 0 Å². The first-order valence-corrected chi connectivity index (χ1v) is 7.08. The molecule has 0 aliphatic carbocycles. The maximum atomic E-state index is 6.05. The van der Waals surface area contributed by atoms with E-state index in [0.717, 1.165) is 17.3 Å². The van der Waals surface area contributed by atoms with Crippen molar-refractivity contribution in [1.82, 2.24) is 0 Å². The Bertz CT molecular complexity index is 744. The van der Waals surface area contributed by atoms with Crippen molar-refractivity contribution in [3.8, 4) is 0 Å². The number of halogens is 1. The lowest BCUT2D eigenvalue weighted by Gasteiger charge is -2.12. The second-order valence-electron chi connectivity index (χ2n) is 4.95. The van der Waals surface area contributed by atoms with Gasteiger partial charge in [0.05, 0.1) is 0 Å². The number of anilines is 1. The molecule has 0 amide bonds. The highest BCUT2D eigenvalue weighted by atomic mass is 35.5. The van der Waals surface area contributed by atoms with Crippen LogP contribution in [0.5, 0.6) is 0 Å². The molecule has 0 fully saturated rings. The monoisotopic (exact) mass is 281 g/mol. The van der Waals surface area contributed by atoms with Crippen LogP contribution in [0.4, 0.5) is 5.69 Å². The summed E-state index contributed by atoms with van der Waals surface area (Å²) >= 11 is 6.05. The smallest absolute Gasteiger partial charge is 0.0426 e. The fraction of sp³-hybridized carbons (Fsp3) is 0.111. The zero-order valence-corrected chi connectivity index (χ0v) is 12.1. The van der Waals surface area contributed by atoms with Crippen LogP contribution in [0, 0.1) is 6.92 Å². The summed E-state index contributed by atoms with van der Waals surface area (Å²) in [6, 6.07) is 20.8. The molecule has 3 aromatic carbocycles. The van der Waals surface area contributed by atoms with Crippen molar-refractivity contribution in [2.45, 2.75) is 13.5 Å². The molecule has 0 aliphatic rings.